The smallest absolute Gasteiger partial charge is 0.322 e. The van der Waals surface area contributed by atoms with E-state index < -0.39 is 15.9 Å². The van der Waals surface area contributed by atoms with E-state index in [0.717, 1.165) is 31.1 Å². The number of carbonyl (C=O) groups is 1. The first-order valence-corrected chi connectivity index (χ1v) is 13.8. The lowest BCUT2D eigenvalue weighted by atomic mass is 10.0. The zero-order valence-electron chi connectivity index (χ0n) is 20.6. The van der Waals surface area contributed by atoms with E-state index in [1.54, 1.807) is 10.4 Å². The summed E-state index contributed by atoms with van der Waals surface area (Å²) in [5.74, 6) is 0.539. The summed E-state index contributed by atoms with van der Waals surface area (Å²) in [5, 5.41) is 11.2. The molecule has 2 aromatic carbocycles. The highest BCUT2D eigenvalue weighted by molar-refractivity contribution is 7.89. The van der Waals surface area contributed by atoms with Crippen molar-refractivity contribution < 1.29 is 26.8 Å². The van der Waals surface area contributed by atoms with Crippen LogP contribution in [-0.4, -0.2) is 48.0 Å². The molecule has 1 aliphatic rings. The number of benzene rings is 2. The first kappa shape index (κ1) is 25.0. The van der Waals surface area contributed by atoms with Gasteiger partial charge in [0.2, 0.25) is 10.0 Å². The topological polar surface area (TPSA) is 128 Å². The van der Waals surface area contributed by atoms with Crippen molar-refractivity contribution in [2.75, 3.05) is 18.5 Å². The number of rotatable bonds is 8. The van der Waals surface area contributed by atoms with E-state index in [-0.39, 0.29) is 28.4 Å². The average molecular weight is 525 g/mol. The SMILES string of the molecule is CCOc1cccc2cc(-c3nnc(NC(=O)c4ccc(S(=O)(=O)N5CCCCC5CC)cc4)o3)oc12. The Morgan fingerprint density at radius 1 is 1.11 bits per heavy atom. The third kappa shape index (κ3) is 4.96. The lowest BCUT2D eigenvalue weighted by Gasteiger charge is -2.34. The zero-order chi connectivity index (χ0) is 26.0. The standard InChI is InChI=1S/C26H28N4O6S/c1-3-19-9-5-6-15-30(19)37(32,33)20-13-11-17(12-14-20)24(31)27-26-29-28-25(36-26)22-16-18-8-7-10-21(34-4-2)23(18)35-22/h7-8,10-14,16,19H,3-6,9,15H2,1-2H3,(H,27,29,31). The van der Waals surface area contributed by atoms with Gasteiger partial charge in [-0.05, 0) is 62.6 Å². The Bertz CT molecular complexity index is 1510. The van der Waals surface area contributed by atoms with Gasteiger partial charge in [0.05, 0.1) is 11.5 Å². The molecule has 37 heavy (non-hydrogen) atoms. The number of carbonyl (C=O) groups excluding carboxylic acids is 1. The Morgan fingerprint density at radius 3 is 2.68 bits per heavy atom. The first-order chi connectivity index (χ1) is 17.9. The van der Waals surface area contributed by atoms with Crippen molar-refractivity contribution in [2.24, 2.45) is 0 Å². The Balaban J connectivity index is 1.29. The predicted molar refractivity (Wildman–Crippen MR) is 137 cm³/mol. The fourth-order valence-electron chi connectivity index (χ4n) is 4.57. The molecule has 0 radical (unpaired) electrons. The van der Waals surface area contributed by atoms with Gasteiger partial charge < -0.3 is 13.6 Å². The van der Waals surface area contributed by atoms with Crippen LogP contribution in [0.5, 0.6) is 5.75 Å². The lowest BCUT2D eigenvalue weighted by Crippen LogP contribution is -2.43. The molecule has 1 fully saturated rings. The average Bonchev–Trinajstić information content (AvgIpc) is 3.56. The van der Waals surface area contributed by atoms with E-state index in [1.165, 1.54) is 24.3 Å². The van der Waals surface area contributed by atoms with Crippen molar-refractivity contribution in [2.45, 2.75) is 50.5 Å². The predicted octanol–water partition coefficient (Wildman–Crippen LogP) is 5.09. The molecule has 2 aromatic heterocycles. The number of furan rings is 1. The Hall–Kier alpha value is -3.70. The normalized spacial score (nSPS) is 16.6. The number of hydrogen-bond donors (Lipinski definition) is 1. The quantitative estimate of drug-likeness (QED) is 0.338. The Labute approximate surface area is 214 Å². The van der Waals surface area contributed by atoms with E-state index in [1.807, 2.05) is 32.0 Å². The molecular weight excluding hydrogens is 496 g/mol. The number of fused-ring (bicyclic) bond motifs is 1. The highest BCUT2D eigenvalue weighted by Crippen LogP contribution is 2.33. The molecule has 1 saturated heterocycles. The maximum absolute atomic E-state index is 13.2. The number of sulfonamides is 1. The van der Waals surface area contributed by atoms with Gasteiger partial charge in [0, 0.05) is 23.5 Å². The number of ether oxygens (including phenoxy) is 1. The highest BCUT2D eigenvalue weighted by atomic mass is 32.2. The van der Waals surface area contributed by atoms with Crippen molar-refractivity contribution in [3.05, 3.63) is 54.1 Å². The minimum absolute atomic E-state index is 0.00552. The van der Waals surface area contributed by atoms with Gasteiger partial charge in [-0.25, -0.2) is 8.42 Å². The molecule has 11 heteroatoms. The lowest BCUT2D eigenvalue weighted by molar-refractivity contribution is 0.102. The number of aromatic nitrogens is 2. The van der Waals surface area contributed by atoms with Crippen molar-refractivity contribution >= 4 is 32.9 Å². The molecule has 1 amide bonds. The van der Waals surface area contributed by atoms with Gasteiger partial charge in [0.1, 0.15) is 0 Å². The summed E-state index contributed by atoms with van der Waals surface area (Å²) in [6, 6.07) is 13.0. The van der Waals surface area contributed by atoms with Crippen LogP contribution in [0.1, 0.15) is 49.9 Å². The number of nitrogens with zero attached hydrogens (tertiary/aromatic N) is 3. The third-order valence-electron chi connectivity index (χ3n) is 6.43. The van der Waals surface area contributed by atoms with Crippen molar-refractivity contribution in [1.82, 2.24) is 14.5 Å². The van der Waals surface area contributed by atoms with Gasteiger partial charge in [-0.1, -0.05) is 30.6 Å². The molecule has 1 aliphatic heterocycles. The summed E-state index contributed by atoms with van der Waals surface area (Å²) in [5.41, 5.74) is 0.822. The maximum Gasteiger partial charge on any atom is 0.322 e. The molecule has 10 nitrogen and oxygen atoms in total. The first-order valence-electron chi connectivity index (χ1n) is 12.3. The van der Waals surface area contributed by atoms with Crippen LogP contribution < -0.4 is 10.1 Å². The monoisotopic (exact) mass is 524 g/mol. The van der Waals surface area contributed by atoms with E-state index in [9.17, 15) is 13.2 Å². The molecule has 0 aliphatic carbocycles. The molecule has 4 aromatic rings. The molecule has 0 spiro atoms. The van der Waals surface area contributed by atoms with Gasteiger partial charge in [0.25, 0.3) is 11.8 Å². The third-order valence-corrected chi connectivity index (χ3v) is 8.40. The van der Waals surface area contributed by atoms with Crippen molar-refractivity contribution in [3.63, 3.8) is 0 Å². The second-order valence-corrected chi connectivity index (χ2v) is 10.7. The molecule has 1 N–H and O–H groups in total. The van der Waals surface area contributed by atoms with E-state index >= 15 is 0 Å². The van der Waals surface area contributed by atoms with Crippen LogP contribution >= 0.6 is 0 Å². The van der Waals surface area contributed by atoms with Crippen molar-refractivity contribution in [3.8, 4) is 17.4 Å². The second kappa shape index (κ2) is 10.3. The van der Waals surface area contributed by atoms with Crippen LogP contribution in [0, 0.1) is 0 Å². The van der Waals surface area contributed by atoms with E-state index in [0.29, 0.717) is 30.2 Å². The minimum atomic E-state index is -3.63. The summed E-state index contributed by atoms with van der Waals surface area (Å²) in [4.78, 5) is 12.9. The number of hydrogen-bond acceptors (Lipinski definition) is 8. The van der Waals surface area contributed by atoms with E-state index in [4.69, 9.17) is 13.6 Å². The maximum atomic E-state index is 13.2. The van der Waals surface area contributed by atoms with Crippen LogP contribution in [0.2, 0.25) is 0 Å². The summed E-state index contributed by atoms with van der Waals surface area (Å²) in [7, 11) is -3.63. The Kier molecular flexibility index (Phi) is 6.98. The fourth-order valence-corrected chi connectivity index (χ4v) is 6.33. The summed E-state index contributed by atoms with van der Waals surface area (Å²) in [6.07, 6.45) is 3.52. The highest BCUT2D eigenvalue weighted by Gasteiger charge is 2.32. The summed E-state index contributed by atoms with van der Waals surface area (Å²) >= 11 is 0. The number of amides is 1. The number of nitrogens with one attached hydrogen (secondary N) is 1. The molecular formula is C26H28N4O6S. The Morgan fingerprint density at radius 2 is 1.92 bits per heavy atom. The van der Waals surface area contributed by atoms with Crippen LogP contribution in [0.4, 0.5) is 6.01 Å². The van der Waals surface area contributed by atoms with Crippen LogP contribution in [0.25, 0.3) is 22.6 Å². The molecule has 5 rings (SSSR count). The molecule has 0 saturated carbocycles. The van der Waals surface area contributed by atoms with E-state index in [2.05, 4.69) is 15.5 Å². The summed E-state index contributed by atoms with van der Waals surface area (Å²) in [6.45, 7) is 4.90. The second-order valence-electron chi connectivity index (χ2n) is 8.78. The number of anilines is 1. The van der Waals surface area contributed by atoms with Gasteiger partial charge in [-0.2, -0.15) is 4.31 Å². The van der Waals surface area contributed by atoms with Crippen molar-refractivity contribution in [1.29, 1.82) is 0 Å². The van der Waals surface area contributed by atoms with Crippen LogP contribution in [0.15, 0.2) is 62.3 Å². The molecule has 1 atom stereocenters. The number of piperidine rings is 1. The largest absolute Gasteiger partial charge is 0.490 e. The minimum Gasteiger partial charge on any atom is -0.490 e. The van der Waals surface area contributed by atoms with Gasteiger partial charge in [0.15, 0.2) is 17.1 Å². The number of para-hydroxylation sites is 1. The fraction of sp³-hybridized carbons (Fsp3) is 0.346. The zero-order valence-corrected chi connectivity index (χ0v) is 21.5. The van der Waals surface area contributed by atoms with Crippen LogP contribution in [0.3, 0.4) is 0 Å². The molecule has 194 valence electrons. The van der Waals surface area contributed by atoms with Gasteiger partial charge in [-0.3, -0.25) is 10.1 Å². The molecule has 1 unspecified atom stereocenters. The van der Waals surface area contributed by atoms with Gasteiger partial charge >= 0.3 is 6.01 Å². The van der Waals surface area contributed by atoms with Gasteiger partial charge in [-0.15, -0.1) is 5.10 Å². The van der Waals surface area contributed by atoms with Crippen LogP contribution in [-0.2, 0) is 10.0 Å². The molecule has 3 heterocycles. The molecule has 0 bridgehead atoms. The summed E-state index contributed by atoms with van der Waals surface area (Å²) < 4.78 is 44.9.